The first kappa shape index (κ1) is 103. The van der Waals surface area contributed by atoms with E-state index in [1.807, 2.05) is 144 Å². The molecule has 0 radical (unpaired) electrons. The number of aliphatic hydroxyl groups is 6. The van der Waals surface area contributed by atoms with Gasteiger partial charge in [-0.05, 0) is 130 Å². The number of hydrogen-bond donors (Lipinski definition) is 10. The highest BCUT2D eigenvalue weighted by Crippen LogP contribution is 2.46. The Morgan fingerprint density at radius 3 is 1.21 bits per heavy atom. The molecule has 636 valence electrons. The molecule has 0 bridgehead atoms. The number of aromatic amines is 4. The third kappa shape index (κ3) is 26.9. The lowest BCUT2D eigenvalue weighted by atomic mass is 9.84. The predicted molar refractivity (Wildman–Crippen MR) is 460 cm³/mol. The largest absolute Gasteiger partial charge is 0.497 e. The molecular weight excluding hydrogens is 2020 g/mol. The van der Waals surface area contributed by atoms with Crippen LogP contribution in [0.1, 0.15) is 105 Å². The molecule has 5 unspecified atom stereocenters. The molecule has 35 nitrogen and oxygen atoms in total. The molecule has 3 aromatic carbocycles. The average molecular weight is 2120 g/mol. The molecular formula is C72H100Cl2I4N9O26P. The van der Waals surface area contributed by atoms with Gasteiger partial charge in [0.05, 0.1) is 69.4 Å². The second kappa shape index (κ2) is 52.6. The normalized spacial score (nSPS) is 23.9. The third-order valence-corrected chi connectivity index (χ3v) is 21.1. The molecule has 0 aliphatic carbocycles. The van der Waals surface area contributed by atoms with Crippen LogP contribution in [-0.2, 0) is 51.8 Å². The van der Waals surface area contributed by atoms with E-state index in [0.717, 1.165) is 50.5 Å². The summed E-state index contributed by atoms with van der Waals surface area (Å²) in [4.78, 5) is 101. The highest BCUT2D eigenvalue weighted by molar-refractivity contribution is 14.1. The molecule has 7 aromatic rings. The molecule has 42 heteroatoms. The number of halogens is 6. The van der Waals surface area contributed by atoms with Crippen LogP contribution in [0.15, 0.2) is 148 Å². The van der Waals surface area contributed by atoms with E-state index in [1.165, 1.54) is 62.4 Å². The molecule has 4 saturated heterocycles. The summed E-state index contributed by atoms with van der Waals surface area (Å²) in [5, 5.41) is 63.5. The van der Waals surface area contributed by atoms with E-state index in [-0.39, 0.29) is 27.4 Å². The summed E-state index contributed by atoms with van der Waals surface area (Å²) in [6, 6.07) is 29.0. The Kier molecular flexibility index (Phi) is 47.5. The number of rotatable bonds is 22. The number of nitrogens with zero attached hydrogens (tertiary/aromatic N) is 5. The van der Waals surface area contributed by atoms with E-state index >= 15 is 0 Å². The van der Waals surface area contributed by atoms with Crippen molar-refractivity contribution in [2.45, 2.75) is 165 Å². The Bertz CT molecular complexity index is 4420. The zero-order valence-corrected chi connectivity index (χ0v) is 73.4. The van der Waals surface area contributed by atoms with Gasteiger partial charge in [0, 0.05) is 95.9 Å². The lowest BCUT2D eigenvalue weighted by Crippen LogP contribution is -2.40. The van der Waals surface area contributed by atoms with Crippen molar-refractivity contribution in [1.82, 2.24) is 38.2 Å². The van der Waals surface area contributed by atoms with Crippen LogP contribution in [-0.4, -0.2) is 218 Å². The minimum atomic E-state index is -1.23. The fourth-order valence-electron chi connectivity index (χ4n) is 11.7. The number of hydrogen-bond acceptors (Lipinski definition) is 27. The minimum absolute atomic E-state index is 0. The summed E-state index contributed by atoms with van der Waals surface area (Å²) in [6.45, 7) is 7.42. The fourth-order valence-corrected chi connectivity index (χ4v) is 14.4. The highest BCUT2D eigenvalue weighted by Gasteiger charge is 2.49. The van der Waals surface area contributed by atoms with Crippen LogP contribution in [0.4, 0.5) is 0 Å². The molecule has 8 heterocycles. The van der Waals surface area contributed by atoms with Gasteiger partial charge in [-0.2, -0.15) is 5.26 Å². The zero-order chi connectivity index (χ0) is 84.6. The van der Waals surface area contributed by atoms with E-state index in [0.29, 0.717) is 37.1 Å². The Morgan fingerprint density at radius 2 is 0.868 bits per heavy atom. The first-order valence-electron chi connectivity index (χ1n) is 34.4. The molecule has 0 saturated carbocycles. The maximum absolute atomic E-state index is 12.2. The number of ether oxygens (including phenoxy) is 10. The van der Waals surface area contributed by atoms with Gasteiger partial charge in [0.15, 0.2) is 33.3 Å². The van der Waals surface area contributed by atoms with Gasteiger partial charge in [-0.1, -0.05) is 97.1 Å². The molecule has 11 rings (SSSR count). The van der Waals surface area contributed by atoms with Gasteiger partial charge in [-0.3, -0.25) is 57.4 Å². The quantitative estimate of drug-likeness (QED) is 0.0114. The van der Waals surface area contributed by atoms with Crippen LogP contribution in [0, 0.1) is 22.0 Å². The number of methoxy groups -OCH3 is 6. The first-order valence-corrected chi connectivity index (χ1v) is 41.7. The SMILES string of the molecule is C.C.CC[C@H]1O[C@@H](n2cc(I)c(=O)[nH]c2=O)[C@@H](OC)C1O.CC[C@H]1O[C@@H](n2cc(I)c(=O)[nH]c2=O)[C@@H](OC)C1OP(C)OCCC#N.CO.CO[C@H]1C(O)[C@@H](CO)O[C@H]1n1cc(I)c(=O)[nH]c1=O.CO[C@H]1C(O)[C@@H](CO)O[C@H]1n1ccc(=O)[nH]c1=O.COc1ccc(C(Cl)(c2ccccc2)c2ccc(OC)cc2)cc1.ClI.[2H]CC. The van der Waals surface area contributed by atoms with Gasteiger partial charge in [0.25, 0.3) is 22.2 Å². The topological polar surface area (TPSA) is 475 Å². The van der Waals surface area contributed by atoms with Gasteiger partial charge in [-0.25, -0.2) is 19.2 Å². The summed E-state index contributed by atoms with van der Waals surface area (Å²) in [7, 11) is 13.4. The monoisotopic (exact) mass is 2120 g/mol. The van der Waals surface area contributed by atoms with Crippen molar-refractivity contribution in [2.24, 2.45) is 0 Å². The van der Waals surface area contributed by atoms with Crippen LogP contribution in [0.5, 0.6) is 11.5 Å². The van der Waals surface area contributed by atoms with Crippen molar-refractivity contribution in [2.75, 3.05) is 76.3 Å². The van der Waals surface area contributed by atoms with Crippen molar-refractivity contribution in [1.29, 1.82) is 5.26 Å². The van der Waals surface area contributed by atoms with Crippen molar-refractivity contribution in [3.05, 3.63) is 220 Å². The number of benzene rings is 3. The summed E-state index contributed by atoms with van der Waals surface area (Å²) < 4.78 is 77.5. The lowest BCUT2D eigenvalue weighted by Gasteiger charge is -2.29. The molecule has 0 amide bonds. The Hall–Kier alpha value is -5.24. The van der Waals surface area contributed by atoms with Gasteiger partial charge in [0.1, 0.15) is 77.4 Å². The average Bonchev–Trinajstić information content (AvgIpc) is 1.77. The van der Waals surface area contributed by atoms with Gasteiger partial charge in [-0.15, -0.1) is 11.6 Å². The Labute approximate surface area is 723 Å². The van der Waals surface area contributed by atoms with E-state index in [1.54, 1.807) is 71.9 Å². The van der Waals surface area contributed by atoms with Gasteiger partial charge >= 0.3 is 22.8 Å². The summed E-state index contributed by atoms with van der Waals surface area (Å²) in [6.07, 6.45) is -4.84. The van der Waals surface area contributed by atoms with Crippen LogP contribution < -0.4 is 54.5 Å². The van der Waals surface area contributed by atoms with Crippen molar-refractivity contribution in [3.63, 3.8) is 0 Å². The number of H-pyrrole nitrogens is 4. The number of aliphatic hydroxyl groups excluding tert-OH is 6. The van der Waals surface area contributed by atoms with E-state index in [4.69, 9.17) is 90.0 Å². The number of aromatic nitrogens is 8. The summed E-state index contributed by atoms with van der Waals surface area (Å²) >= 11 is 14.3. The van der Waals surface area contributed by atoms with Crippen molar-refractivity contribution < 1.29 is 88.4 Å². The Morgan fingerprint density at radius 1 is 0.535 bits per heavy atom. The lowest BCUT2D eigenvalue weighted by molar-refractivity contribution is -0.0626. The molecule has 114 heavy (non-hydrogen) atoms. The maximum atomic E-state index is 12.2. The zero-order valence-electron chi connectivity index (χ0n) is 63.4. The smallest absolute Gasteiger partial charge is 0.330 e. The van der Waals surface area contributed by atoms with E-state index in [2.05, 4.69) is 28.8 Å². The van der Waals surface area contributed by atoms with Crippen LogP contribution in [0.3, 0.4) is 0 Å². The summed E-state index contributed by atoms with van der Waals surface area (Å²) in [5.74, 6) is 1.61. The number of nitrogens with one attached hydrogen (secondary N) is 4. The van der Waals surface area contributed by atoms with Gasteiger partial charge < -0.3 is 87.1 Å². The van der Waals surface area contributed by atoms with Crippen LogP contribution in [0.2, 0.25) is 0 Å². The number of nitriles is 1. The van der Waals surface area contributed by atoms with Gasteiger partial charge in [0.2, 0.25) is 0 Å². The standard InChI is InChI=1S/C21H19ClO2.C15H21IN3O6P.C11H15IN2O5.C10H13IN2O6.C10H14N2O6.C2H6.CH4O.2CH4.ClI/c1-23-19-12-8-17(9-13-19)21(22,16-6-4-3-5-7-16)18-10-14-20(24-2)15-11-18;1-4-10-11(25-26(3)23-7-5-6-17)12(22-2)14(24-10)19-8-9(16)13(20)18-15(19)21;1-3-6-7(15)8(18-2)10(19-6)14-4-5(12)9(16)13-11(14)17;1-18-7-6(15)5(3-14)19-9(7)13-2-4(11)8(16)12-10(13)17;1-17-8-7(15)5(4-13)18-9(8)12-3-2-6(14)11-10(12)16;2*1-2;;;1-2/h3-15H,1-2H3;8,10-12,14H,4-5,7H2,1-3H3,(H,18,20,21);4,6-8,10,15H,3H2,1-2H3,(H,13,16,17);2,5-7,9,14-15H,3H2,1H3,(H,12,16,17);2-3,5,7-9,13,15H,4H2,1H3,(H,11,14,16);1-2H3;2H,1H3;2*1H4;/t;10-,11?,12+,14-,26?;6-,7?,8+,10-;5-,6?,7+,9-;5-,7?,8+,9-;;;;;/m.1111...../s1/i;;;;;1D;;;;. The molecule has 4 aliphatic heterocycles. The summed E-state index contributed by atoms with van der Waals surface area (Å²) in [5.41, 5.74) is -1.39. The fraction of sp³-hybridized carbons (Fsp3) is 0.514. The molecule has 10 N–H and O–H groups in total. The predicted octanol–water partition coefficient (Wildman–Crippen LogP) is 6.47. The second-order valence-corrected chi connectivity index (χ2v) is 28.8. The van der Waals surface area contributed by atoms with Crippen molar-refractivity contribution >= 4 is 118 Å². The van der Waals surface area contributed by atoms with Crippen LogP contribution in [0.25, 0.3) is 0 Å². The second-order valence-electron chi connectivity index (χ2n) is 23.4. The molecule has 4 aliphatic rings. The highest BCUT2D eigenvalue weighted by atomic mass is 127. The number of alkyl halides is 1. The molecule has 0 spiro atoms. The third-order valence-electron chi connectivity index (χ3n) is 17.1. The molecule has 17 atom stereocenters. The Balaban J connectivity index is 0.000000478. The van der Waals surface area contributed by atoms with Crippen LogP contribution >= 0.6 is 118 Å². The van der Waals surface area contributed by atoms with Crippen molar-refractivity contribution in [3.8, 4) is 17.6 Å². The van der Waals surface area contributed by atoms with E-state index < -0.39 is 164 Å². The van der Waals surface area contributed by atoms with E-state index in [9.17, 15) is 53.7 Å². The molecule has 4 fully saturated rings. The first-order chi connectivity index (χ1) is 54.1. The molecule has 4 aromatic heterocycles. The maximum Gasteiger partial charge on any atom is 0.330 e. The minimum Gasteiger partial charge on any atom is -0.497 e.